The zero-order valence-electron chi connectivity index (χ0n) is 12.8. The van der Waals surface area contributed by atoms with Gasteiger partial charge in [0.05, 0.1) is 0 Å². The topological polar surface area (TPSA) is 33.2 Å². The highest BCUT2D eigenvalue weighted by Crippen LogP contribution is 2.12. The highest BCUT2D eigenvalue weighted by atomic mass is 35.5. The van der Waals surface area contributed by atoms with Crippen molar-refractivity contribution in [2.75, 3.05) is 13.6 Å². The summed E-state index contributed by atoms with van der Waals surface area (Å²) in [5.74, 6) is 0.197. The van der Waals surface area contributed by atoms with Crippen LogP contribution >= 0.6 is 11.6 Å². The molecule has 0 aliphatic heterocycles. The van der Waals surface area contributed by atoms with Gasteiger partial charge in [0, 0.05) is 37.4 Å². The number of hydrogen-bond donors (Lipinski definition) is 0. The lowest BCUT2D eigenvalue weighted by molar-refractivity contribution is -0.129. The molecule has 0 spiro atoms. The SMILES string of the molecule is CN(CCc1ccncc1)C(=O)CCCc1ccc(Cl)cc1. The second-order valence-corrected chi connectivity index (χ2v) is 5.84. The molecule has 2 rings (SSSR count). The van der Waals surface area contributed by atoms with Gasteiger partial charge in [-0.1, -0.05) is 23.7 Å². The Morgan fingerprint density at radius 2 is 1.68 bits per heavy atom. The first kappa shape index (κ1) is 16.5. The van der Waals surface area contributed by atoms with Gasteiger partial charge in [-0.3, -0.25) is 9.78 Å². The standard InChI is InChI=1S/C18H21ClN2O/c1-21(14-11-16-9-12-20-13-10-16)18(22)4-2-3-15-5-7-17(19)8-6-15/h5-10,12-13H,2-4,11,14H2,1H3. The van der Waals surface area contributed by atoms with Gasteiger partial charge in [0.25, 0.3) is 0 Å². The van der Waals surface area contributed by atoms with Crippen molar-refractivity contribution < 1.29 is 4.79 Å². The van der Waals surface area contributed by atoms with E-state index in [-0.39, 0.29) is 5.91 Å². The maximum Gasteiger partial charge on any atom is 0.222 e. The highest BCUT2D eigenvalue weighted by molar-refractivity contribution is 6.30. The molecular formula is C18H21ClN2O. The fraction of sp³-hybridized carbons (Fsp3) is 0.333. The van der Waals surface area contributed by atoms with E-state index >= 15 is 0 Å². The first-order valence-corrected chi connectivity index (χ1v) is 7.90. The second-order valence-electron chi connectivity index (χ2n) is 5.40. The molecule has 1 amide bonds. The van der Waals surface area contributed by atoms with Crippen molar-refractivity contribution in [1.29, 1.82) is 0 Å². The van der Waals surface area contributed by atoms with E-state index in [4.69, 9.17) is 11.6 Å². The Morgan fingerprint density at radius 3 is 2.36 bits per heavy atom. The summed E-state index contributed by atoms with van der Waals surface area (Å²) >= 11 is 5.86. The van der Waals surface area contributed by atoms with Crippen LogP contribution in [0.1, 0.15) is 24.0 Å². The molecule has 0 N–H and O–H groups in total. The maximum atomic E-state index is 12.1. The van der Waals surface area contributed by atoms with Crippen molar-refractivity contribution >= 4 is 17.5 Å². The smallest absolute Gasteiger partial charge is 0.222 e. The summed E-state index contributed by atoms with van der Waals surface area (Å²) in [5.41, 5.74) is 2.42. The average molecular weight is 317 g/mol. The number of carbonyl (C=O) groups excluding carboxylic acids is 1. The molecule has 0 unspecified atom stereocenters. The molecule has 3 nitrogen and oxygen atoms in total. The number of amides is 1. The number of rotatable bonds is 7. The fourth-order valence-electron chi connectivity index (χ4n) is 2.26. The lowest BCUT2D eigenvalue weighted by Gasteiger charge is -2.17. The number of nitrogens with zero attached hydrogens (tertiary/aromatic N) is 2. The van der Waals surface area contributed by atoms with Crippen LogP contribution in [0, 0.1) is 0 Å². The molecule has 0 aliphatic rings. The quantitative estimate of drug-likeness (QED) is 0.779. The molecule has 22 heavy (non-hydrogen) atoms. The van der Waals surface area contributed by atoms with Crippen LogP contribution in [0.4, 0.5) is 0 Å². The zero-order valence-corrected chi connectivity index (χ0v) is 13.6. The molecule has 0 bridgehead atoms. The first-order valence-electron chi connectivity index (χ1n) is 7.52. The summed E-state index contributed by atoms with van der Waals surface area (Å²) in [6.07, 6.45) is 6.77. The summed E-state index contributed by atoms with van der Waals surface area (Å²) in [4.78, 5) is 17.9. The number of aryl methyl sites for hydroxylation is 1. The van der Waals surface area contributed by atoms with Gasteiger partial charge in [-0.2, -0.15) is 0 Å². The number of likely N-dealkylation sites (N-methyl/N-ethyl adjacent to an activating group) is 1. The van der Waals surface area contributed by atoms with Gasteiger partial charge in [-0.05, 0) is 54.7 Å². The number of hydrogen-bond acceptors (Lipinski definition) is 2. The molecule has 1 aromatic carbocycles. The van der Waals surface area contributed by atoms with Crippen molar-refractivity contribution in [2.24, 2.45) is 0 Å². The summed E-state index contributed by atoms with van der Waals surface area (Å²) in [5, 5.41) is 0.746. The Labute approximate surface area is 136 Å². The van der Waals surface area contributed by atoms with Crippen LogP contribution in [0.5, 0.6) is 0 Å². The van der Waals surface area contributed by atoms with Crippen LogP contribution in [0.2, 0.25) is 5.02 Å². The predicted octanol–water partition coefficient (Wildman–Crippen LogP) is 3.76. The monoisotopic (exact) mass is 316 g/mol. The van der Waals surface area contributed by atoms with Gasteiger partial charge in [-0.25, -0.2) is 0 Å². The Morgan fingerprint density at radius 1 is 1.05 bits per heavy atom. The van der Waals surface area contributed by atoms with Gasteiger partial charge in [0.2, 0.25) is 5.91 Å². The molecule has 0 fully saturated rings. The lowest BCUT2D eigenvalue weighted by atomic mass is 10.1. The number of pyridine rings is 1. The van der Waals surface area contributed by atoms with E-state index in [0.717, 1.165) is 30.8 Å². The molecule has 0 saturated carbocycles. The van der Waals surface area contributed by atoms with Crippen LogP contribution in [-0.4, -0.2) is 29.4 Å². The second kappa shape index (κ2) is 8.54. The lowest BCUT2D eigenvalue weighted by Crippen LogP contribution is -2.28. The maximum absolute atomic E-state index is 12.1. The Kier molecular flexibility index (Phi) is 6.41. The normalized spacial score (nSPS) is 10.5. The molecular weight excluding hydrogens is 296 g/mol. The van der Waals surface area contributed by atoms with Crippen LogP contribution in [0.15, 0.2) is 48.8 Å². The zero-order chi connectivity index (χ0) is 15.8. The third-order valence-electron chi connectivity index (χ3n) is 3.68. The minimum atomic E-state index is 0.197. The molecule has 0 aliphatic carbocycles. The largest absolute Gasteiger partial charge is 0.345 e. The third kappa shape index (κ3) is 5.49. The van der Waals surface area contributed by atoms with Gasteiger partial charge < -0.3 is 4.90 Å². The average Bonchev–Trinajstić information content (AvgIpc) is 2.55. The van der Waals surface area contributed by atoms with E-state index in [0.29, 0.717) is 6.42 Å². The highest BCUT2D eigenvalue weighted by Gasteiger charge is 2.08. The van der Waals surface area contributed by atoms with Crippen molar-refractivity contribution in [2.45, 2.75) is 25.7 Å². The van der Waals surface area contributed by atoms with E-state index in [1.54, 1.807) is 12.4 Å². The summed E-state index contributed by atoms with van der Waals surface area (Å²) in [6.45, 7) is 0.740. The van der Waals surface area contributed by atoms with Gasteiger partial charge >= 0.3 is 0 Å². The van der Waals surface area contributed by atoms with Crippen LogP contribution < -0.4 is 0 Å². The van der Waals surface area contributed by atoms with Gasteiger partial charge in [0.1, 0.15) is 0 Å². The molecule has 1 heterocycles. The fourth-order valence-corrected chi connectivity index (χ4v) is 2.38. The number of carbonyl (C=O) groups is 1. The van der Waals surface area contributed by atoms with E-state index in [2.05, 4.69) is 4.98 Å². The molecule has 2 aromatic rings. The molecule has 0 atom stereocenters. The van der Waals surface area contributed by atoms with E-state index < -0.39 is 0 Å². The van der Waals surface area contributed by atoms with Crippen LogP contribution in [0.25, 0.3) is 0 Å². The molecule has 4 heteroatoms. The van der Waals surface area contributed by atoms with Crippen LogP contribution in [-0.2, 0) is 17.6 Å². The Balaban J connectivity index is 1.69. The van der Waals surface area contributed by atoms with Gasteiger partial charge in [-0.15, -0.1) is 0 Å². The van der Waals surface area contributed by atoms with E-state index in [9.17, 15) is 4.79 Å². The van der Waals surface area contributed by atoms with Crippen LogP contribution in [0.3, 0.4) is 0 Å². The van der Waals surface area contributed by atoms with Crippen molar-refractivity contribution in [3.05, 3.63) is 64.9 Å². The third-order valence-corrected chi connectivity index (χ3v) is 3.93. The molecule has 0 radical (unpaired) electrons. The van der Waals surface area contributed by atoms with Gasteiger partial charge in [0.15, 0.2) is 0 Å². The Bertz CT molecular complexity index is 584. The first-order chi connectivity index (χ1) is 10.6. The van der Waals surface area contributed by atoms with Crippen molar-refractivity contribution in [3.63, 3.8) is 0 Å². The number of halogens is 1. The minimum Gasteiger partial charge on any atom is -0.345 e. The number of benzene rings is 1. The summed E-state index contributed by atoms with van der Waals surface area (Å²) in [7, 11) is 1.87. The summed E-state index contributed by atoms with van der Waals surface area (Å²) < 4.78 is 0. The molecule has 1 aromatic heterocycles. The molecule has 116 valence electrons. The summed E-state index contributed by atoms with van der Waals surface area (Å²) in [6, 6.07) is 11.8. The predicted molar refractivity (Wildman–Crippen MR) is 90.0 cm³/mol. The van der Waals surface area contributed by atoms with E-state index in [1.807, 2.05) is 48.3 Å². The van der Waals surface area contributed by atoms with Crippen molar-refractivity contribution in [3.8, 4) is 0 Å². The minimum absolute atomic E-state index is 0.197. The van der Waals surface area contributed by atoms with E-state index in [1.165, 1.54) is 11.1 Å². The Hall–Kier alpha value is -1.87. The molecule has 0 saturated heterocycles. The van der Waals surface area contributed by atoms with Crippen molar-refractivity contribution in [1.82, 2.24) is 9.88 Å². The number of aromatic nitrogens is 1.